The van der Waals surface area contributed by atoms with E-state index < -0.39 is 0 Å². The SMILES string of the molecule is C[C]1C=CC(C)=CC1.F.F.[OH]. The number of hydrogen-bond donors (Lipinski definition) is 1. The fourth-order valence-corrected chi connectivity index (χ4v) is 0.732. The summed E-state index contributed by atoms with van der Waals surface area (Å²) >= 11 is 0. The van der Waals surface area contributed by atoms with Gasteiger partial charge in [-0.05, 0) is 19.3 Å². The molecule has 0 spiro atoms. The van der Waals surface area contributed by atoms with Gasteiger partial charge < -0.3 is 0 Å². The number of halogens is 2. The average molecular weight is 164 g/mol. The molecule has 0 amide bonds. The van der Waals surface area contributed by atoms with Crippen molar-refractivity contribution in [1.29, 1.82) is 0 Å². The number of allylic oxidation sites excluding steroid dienone is 4. The van der Waals surface area contributed by atoms with Crippen molar-refractivity contribution in [3.8, 4) is 0 Å². The molecule has 3 heteroatoms. The maximum absolute atomic E-state index is 2.25. The molecule has 0 heterocycles. The van der Waals surface area contributed by atoms with Gasteiger partial charge in [-0.1, -0.05) is 30.7 Å². The van der Waals surface area contributed by atoms with Crippen LogP contribution in [0.3, 0.4) is 0 Å². The van der Waals surface area contributed by atoms with Gasteiger partial charge in [0.2, 0.25) is 0 Å². The Morgan fingerprint density at radius 3 is 1.91 bits per heavy atom. The molecule has 1 N–H and O–H groups in total. The van der Waals surface area contributed by atoms with Crippen LogP contribution < -0.4 is 0 Å². The third kappa shape index (κ3) is 5.73. The van der Waals surface area contributed by atoms with Crippen molar-refractivity contribution in [1.82, 2.24) is 0 Å². The van der Waals surface area contributed by atoms with E-state index in [0.29, 0.717) is 0 Å². The molecule has 0 saturated carbocycles. The van der Waals surface area contributed by atoms with Crippen molar-refractivity contribution in [3.63, 3.8) is 0 Å². The van der Waals surface area contributed by atoms with Crippen LogP contribution in [0.1, 0.15) is 20.3 Å². The van der Waals surface area contributed by atoms with E-state index in [1.807, 2.05) is 0 Å². The van der Waals surface area contributed by atoms with Crippen LogP contribution in [0.4, 0.5) is 9.41 Å². The zero-order valence-corrected chi connectivity index (χ0v) is 6.70. The molecule has 1 rings (SSSR count). The highest BCUT2D eigenvalue weighted by molar-refractivity contribution is 5.28. The first-order valence-electron chi connectivity index (χ1n) is 2.96. The van der Waals surface area contributed by atoms with Crippen LogP contribution in [0, 0.1) is 5.92 Å². The van der Waals surface area contributed by atoms with Crippen molar-refractivity contribution in [3.05, 3.63) is 29.7 Å². The predicted molar refractivity (Wildman–Crippen MR) is 43.4 cm³/mol. The summed E-state index contributed by atoms with van der Waals surface area (Å²) in [6.07, 6.45) is 7.71. The molecule has 0 atom stereocenters. The van der Waals surface area contributed by atoms with Gasteiger partial charge in [0, 0.05) is 0 Å². The highest BCUT2D eigenvalue weighted by Crippen LogP contribution is 2.15. The molecule has 11 heavy (non-hydrogen) atoms. The van der Waals surface area contributed by atoms with Gasteiger partial charge in [0.15, 0.2) is 0 Å². The van der Waals surface area contributed by atoms with E-state index in [1.165, 1.54) is 11.5 Å². The molecular weight excluding hydrogens is 150 g/mol. The lowest BCUT2D eigenvalue weighted by atomic mass is 10.00. The van der Waals surface area contributed by atoms with Gasteiger partial charge in [-0.15, -0.1) is 0 Å². The van der Waals surface area contributed by atoms with E-state index >= 15 is 0 Å². The summed E-state index contributed by atoms with van der Waals surface area (Å²) in [6.45, 7) is 4.28. The lowest BCUT2D eigenvalue weighted by Crippen LogP contribution is -1.88. The molecule has 0 aromatic rings. The summed E-state index contributed by atoms with van der Waals surface area (Å²) < 4.78 is 0. The summed E-state index contributed by atoms with van der Waals surface area (Å²) in [5, 5.41) is 0. The first-order valence-corrected chi connectivity index (χ1v) is 2.96. The van der Waals surface area contributed by atoms with Crippen molar-refractivity contribution in [2.45, 2.75) is 20.3 Å². The van der Waals surface area contributed by atoms with Gasteiger partial charge in [-0.25, -0.2) is 0 Å². The van der Waals surface area contributed by atoms with E-state index in [-0.39, 0.29) is 14.9 Å². The topological polar surface area (TPSA) is 30.0 Å². The summed E-state index contributed by atoms with van der Waals surface area (Å²) in [5.74, 6) is 1.45. The fourth-order valence-electron chi connectivity index (χ4n) is 0.732. The van der Waals surface area contributed by atoms with Gasteiger partial charge in [-0.2, -0.15) is 0 Å². The molecule has 0 fully saturated rings. The Hall–Kier alpha value is -0.700. The second-order valence-corrected chi connectivity index (χ2v) is 2.33. The minimum atomic E-state index is 0. The van der Waals surface area contributed by atoms with Gasteiger partial charge in [0.05, 0.1) is 0 Å². The van der Waals surface area contributed by atoms with E-state index in [2.05, 4.69) is 32.1 Å². The molecule has 1 aliphatic carbocycles. The van der Waals surface area contributed by atoms with Gasteiger partial charge in [-0.3, -0.25) is 14.9 Å². The Morgan fingerprint density at radius 2 is 1.64 bits per heavy atom. The fraction of sp³-hybridized carbons (Fsp3) is 0.375. The summed E-state index contributed by atoms with van der Waals surface area (Å²) in [5.41, 5.74) is 1.38. The second kappa shape index (κ2) is 7.41. The normalized spacial score (nSPS) is 15.3. The smallest absolute Gasteiger partial charge is 0.00173 e. The molecule has 0 aromatic carbocycles. The minimum absolute atomic E-state index is 0. The van der Waals surface area contributed by atoms with Gasteiger partial charge in [0.1, 0.15) is 0 Å². The van der Waals surface area contributed by atoms with E-state index in [4.69, 9.17) is 0 Å². The number of hydrogen-bond acceptors (Lipinski definition) is 0. The van der Waals surface area contributed by atoms with Crippen molar-refractivity contribution in [2.24, 2.45) is 0 Å². The molecule has 0 unspecified atom stereocenters. The third-order valence-corrected chi connectivity index (χ3v) is 1.38. The van der Waals surface area contributed by atoms with Crippen LogP contribution in [0.2, 0.25) is 0 Å². The molecule has 66 valence electrons. The van der Waals surface area contributed by atoms with Gasteiger partial charge in [0.25, 0.3) is 0 Å². The Morgan fingerprint density at radius 1 is 1.09 bits per heavy atom. The molecular formula is C8H14F2O. The zero-order chi connectivity index (χ0) is 5.98. The molecule has 0 saturated heterocycles. The molecule has 0 aromatic heterocycles. The Bertz CT molecular complexity index is 141. The first-order chi connectivity index (χ1) is 3.79. The average Bonchev–Trinajstić information content (AvgIpc) is 1.77. The zero-order valence-electron chi connectivity index (χ0n) is 6.70. The molecule has 0 bridgehead atoms. The summed E-state index contributed by atoms with van der Waals surface area (Å²) in [6, 6.07) is 0. The lowest BCUT2D eigenvalue weighted by Gasteiger charge is -2.06. The predicted octanol–water partition coefficient (Wildman–Crippen LogP) is 2.62. The van der Waals surface area contributed by atoms with Crippen LogP contribution in [-0.2, 0) is 0 Å². The van der Waals surface area contributed by atoms with Crippen LogP contribution in [0.25, 0.3) is 0 Å². The first kappa shape index (κ1) is 16.7. The molecule has 1 nitrogen and oxygen atoms in total. The van der Waals surface area contributed by atoms with Crippen LogP contribution in [0.15, 0.2) is 23.8 Å². The lowest BCUT2D eigenvalue weighted by molar-refractivity contribution is 0.824. The van der Waals surface area contributed by atoms with E-state index in [9.17, 15) is 0 Å². The van der Waals surface area contributed by atoms with Crippen molar-refractivity contribution >= 4 is 0 Å². The Kier molecular flexibility index (Phi) is 11.3. The standard InChI is InChI=1S/C8H11.2FH.HO/c1-7-3-5-8(2)6-4-7;;;/h3-5H,6H2,1-2H3;3*1H. The highest BCUT2D eigenvalue weighted by Gasteiger charge is 1.98. The van der Waals surface area contributed by atoms with Crippen molar-refractivity contribution in [2.75, 3.05) is 0 Å². The monoisotopic (exact) mass is 164 g/mol. The maximum Gasteiger partial charge on any atom is -0.00173 e. The number of rotatable bonds is 0. The maximum atomic E-state index is 2.25. The highest BCUT2D eigenvalue weighted by atomic mass is 19.0. The molecule has 2 radical (unpaired) electrons. The summed E-state index contributed by atoms with van der Waals surface area (Å²) in [4.78, 5) is 0. The third-order valence-electron chi connectivity index (χ3n) is 1.38. The molecule has 1 aliphatic rings. The van der Waals surface area contributed by atoms with Gasteiger partial charge >= 0.3 is 0 Å². The Balaban J connectivity index is -0.000000213. The molecule has 0 aliphatic heterocycles. The van der Waals surface area contributed by atoms with Crippen LogP contribution in [-0.4, -0.2) is 5.48 Å². The summed E-state index contributed by atoms with van der Waals surface area (Å²) in [7, 11) is 0. The van der Waals surface area contributed by atoms with Crippen LogP contribution >= 0.6 is 0 Å². The van der Waals surface area contributed by atoms with E-state index in [1.54, 1.807) is 0 Å². The second-order valence-electron chi connectivity index (χ2n) is 2.33. The van der Waals surface area contributed by atoms with Crippen molar-refractivity contribution < 1.29 is 14.9 Å². The Labute approximate surface area is 65.8 Å². The quantitative estimate of drug-likeness (QED) is 0.570. The largest absolute Gasteiger partial charge is 0.269 e. The minimum Gasteiger partial charge on any atom is -0.269 e. The van der Waals surface area contributed by atoms with Crippen LogP contribution in [0.5, 0.6) is 0 Å². The van der Waals surface area contributed by atoms with E-state index in [0.717, 1.165) is 6.42 Å².